The van der Waals surface area contributed by atoms with Crippen LogP contribution in [0.25, 0.3) is 0 Å². The second kappa shape index (κ2) is 6.92. The van der Waals surface area contributed by atoms with Gasteiger partial charge in [-0.3, -0.25) is 4.90 Å². The lowest BCUT2D eigenvalue weighted by atomic mass is 9.90. The Labute approximate surface area is 132 Å². The van der Waals surface area contributed by atoms with Crippen molar-refractivity contribution in [2.45, 2.75) is 38.1 Å². The molecule has 1 aromatic heterocycles. The summed E-state index contributed by atoms with van der Waals surface area (Å²) in [5.41, 5.74) is 0. The molecule has 1 aliphatic rings. The van der Waals surface area contributed by atoms with Crippen LogP contribution in [0.2, 0.25) is 0 Å². The Balaban J connectivity index is 1.94. The lowest BCUT2D eigenvalue weighted by Gasteiger charge is -2.37. The average molecular weight is 335 g/mol. The van der Waals surface area contributed by atoms with E-state index in [0.717, 1.165) is 0 Å². The highest BCUT2D eigenvalue weighted by molar-refractivity contribution is 5.86. The molecule has 130 valence electrons. The van der Waals surface area contributed by atoms with E-state index in [1.807, 2.05) is 11.8 Å². The number of carbonyl (C=O) groups excluding carboxylic acids is 1. The first-order chi connectivity index (χ1) is 10.7. The zero-order valence-electron chi connectivity index (χ0n) is 13.0. The summed E-state index contributed by atoms with van der Waals surface area (Å²) in [5.74, 6) is -0.701. The third-order valence-corrected chi connectivity index (χ3v) is 4.33. The Morgan fingerprint density at radius 1 is 1.39 bits per heavy atom. The van der Waals surface area contributed by atoms with E-state index >= 15 is 0 Å². The lowest BCUT2D eigenvalue weighted by Crippen LogP contribution is -2.43. The Morgan fingerprint density at radius 3 is 2.52 bits per heavy atom. The van der Waals surface area contributed by atoms with Crippen LogP contribution in [-0.4, -0.2) is 48.5 Å². The first-order valence-corrected chi connectivity index (χ1v) is 7.41. The van der Waals surface area contributed by atoms with Gasteiger partial charge in [-0.2, -0.15) is 13.2 Å². The van der Waals surface area contributed by atoms with Gasteiger partial charge in [-0.05, 0) is 50.9 Å². The van der Waals surface area contributed by atoms with Crippen molar-refractivity contribution in [1.29, 1.82) is 0 Å². The van der Waals surface area contributed by atoms with E-state index in [2.05, 4.69) is 4.74 Å². The summed E-state index contributed by atoms with van der Waals surface area (Å²) in [7, 11) is 1.25. The van der Waals surface area contributed by atoms with Crippen LogP contribution in [0, 0.1) is 5.92 Å². The Bertz CT molecular complexity index is 535. The maximum atomic E-state index is 12.5. The van der Waals surface area contributed by atoms with Crippen molar-refractivity contribution in [2.75, 3.05) is 20.2 Å². The first-order valence-electron chi connectivity index (χ1n) is 7.41. The van der Waals surface area contributed by atoms with Gasteiger partial charge in [0.1, 0.15) is 5.76 Å². The second-order valence-electron chi connectivity index (χ2n) is 5.73. The van der Waals surface area contributed by atoms with Gasteiger partial charge in [0.2, 0.25) is 5.76 Å². The highest BCUT2D eigenvalue weighted by Crippen LogP contribution is 2.34. The maximum absolute atomic E-state index is 12.5. The molecule has 1 N–H and O–H groups in total. The van der Waals surface area contributed by atoms with E-state index < -0.39 is 24.2 Å². The molecule has 0 aliphatic carbocycles. The van der Waals surface area contributed by atoms with E-state index in [-0.39, 0.29) is 24.6 Å². The van der Waals surface area contributed by atoms with Gasteiger partial charge in [0.15, 0.2) is 6.10 Å². The minimum absolute atomic E-state index is 0.0942. The zero-order valence-corrected chi connectivity index (χ0v) is 13.0. The monoisotopic (exact) mass is 335 g/mol. The van der Waals surface area contributed by atoms with Crippen LogP contribution in [0.5, 0.6) is 0 Å². The molecular weight excluding hydrogens is 315 g/mol. The summed E-state index contributed by atoms with van der Waals surface area (Å²) in [5, 5.41) is 9.33. The summed E-state index contributed by atoms with van der Waals surface area (Å²) >= 11 is 0. The largest absolute Gasteiger partial charge is 0.463 e. The number of halogens is 3. The second-order valence-corrected chi connectivity index (χ2v) is 5.73. The van der Waals surface area contributed by atoms with Crippen molar-refractivity contribution in [3.63, 3.8) is 0 Å². The van der Waals surface area contributed by atoms with Crippen LogP contribution in [0.3, 0.4) is 0 Å². The van der Waals surface area contributed by atoms with Crippen molar-refractivity contribution >= 4 is 5.97 Å². The van der Waals surface area contributed by atoms with Gasteiger partial charge >= 0.3 is 12.1 Å². The van der Waals surface area contributed by atoms with Gasteiger partial charge in [-0.15, -0.1) is 0 Å². The molecule has 2 heterocycles. The van der Waals surface area contributed by atoms with Crippen molar-refractivity contribution < 1.29 is 32.2 Å². The number of aliphatic hydroxyl groups is 1. The van der Waals surface area contributed by atoms with E-state index in [4.69, 9.17) is 4.42 Å². The number of piperidine rings is 1. The van der Waals surface area contributed by atoms with Crippen LogP contribution in [-0.2, 0) is 4.74 Å². The normalized spacial score (nSPS) is 20.3. The lowest BCUT2D eigenvalue weighted by molar-refractivity contribution is -0.223. The molecule has 0 amide bonds. The Morgan fingerprint density at radius 2 is 2.00 bits per heavy atom. The number of hydrogen-bond donors (Lipinski definition) is 1. The molecule has 0 aromatic carbocycles. The molecule has 0 saturated carbocycles. The molecule has 0 spiro atoms. The molecule has 1 fully saturated rings. The van der Waals surface area contributed by atoms with E-state index in [1.54, 1.807) is 6.07 Å². The van der Waals surface area contributed by atoms with Gasteiger partial charge < -0.3 is 14.3 Å². The van der Waals surface area contributed by atoms with Crippen LogP contribution in [0.1, 0.15) is 42.1 Å². The van der Waals surface area contributed by atoms with Crippen LogP contribution in [0.15, 0.2) is 16.5 Å². The summed E-state index contributed by atoms with van der Waals surface area (Å²) in [4.78, 5) is 13.3. The van der Waals surface area contributed by atoms with Gasteiger partial charge in [0.25, 0.3) is 0 Å². The first kappa shape index (κ1) is 17.8. The van der Waals surface area contributed by atoms with Crippen molar-refractivity contribution in [3.05, 3.63) is 23.7 Å². The zero-order chi connectivity index (χ0) is 17.2. The molecule has 1 aliphatic heterocycles. The number of aliphatic hydroxyl groups excluding tert-OH is 1. The number of hydrogen-bond acceptors (Lipinski definition) is 5. The third kappa shape index (κ3) is 4.06. The van der Waals surface area contributed by atoms with Crippen molar-refractivity contribution in [1.82, 2.24) is 4.90 Å². The van der Waals surface area contributed by atoms with Gasteiger partial charge in [-0.1, -0.05) is 0 Å². The molecule has 2 rings (SSSR count). The number of likely N-dealkylation sites (tertiary alicyclic amines) is 1. The smallest absolute Gasteiger partial charge is 0.414 e. The molecule has 0 unspecified atom stereocenters. The quantitative estimate of drug-likeness (QED) is 0.857. The van der Waals surface area contributed by atoms with Gasteiger partial charge in [0, 0.05) is 0 Å². The fourth-order valence-corrected chi connectivity index (χ4v) is 2.86. The summed E-state index contributed by atoms with van der Waals surface area (Å²) in [6.45, 7) is 2.71. The van der Waals surface area contributed by atoms with E-state index in [1.165, 1.54) is 13.2 Å². The third-order valence-electron chi connectivity index (χ3n) is 4.33. The van der Waals surface area contributed by atoms with Crippen LogP contribution in [0.4, 0.5) is 13.2 Å². The highest BCUT2D eigenvalue weighted by Gasteiger charge is 2.44. The average Bonchev–Trinajstić information content (AvgIpc) is 3.02. The van der Waals surface area contributed by atoms with Crippen molar-refractivity contribution in [2.24, 2.45) is 5.92 Å². The number of nitrogens with zero attached hydrogens (tertiary/aromatic N) is 1. The number of methoxy groups -OCH3 is 1. The Kier molecular flexibility index (Phi) is 5.36. The van der Waals surface area contributed by atoms with E-state index in [9.17, 15) is 23.1 Å². The number of ether oxygens (including phenoxy) is 1. The molecule has 8 heteroatoms. The number of carbonyl (C=O) groups is 1. The number of esters is 1. The summed E-state index contributed by atoms with van der Waals surface area (Å²) in [6.07, 6.45) is -6.32. The molecule has 0 bridgehead atoms. The van der Waals surface area contributed by atoms with Gasteiger partial charge in [-0.25, -0.2) is 4.79 Å². The van der Waals surface area contributed by atoms with E-state index in [0.29, 0.717) is 18.8 Å². The van der Waals surface area contributed by atoms with Crippen LogP contribution >= 0.6 is 0 Å². The van der Waals surface area contributed by atoms with Crippen molar-refractivity contribution in [3.8, 4) is 0 Å². The minimum Gasteiger partial charge on any atom is -0.463 e. The molecule has 0 radical (unpaired) electrons. The predicted octanol–water partition coefficient (Wildman–Crippen LogP) is 2.76. The fourth-order valence-electron chi connectivity index (χ4n) is 2.86. The topological polar surface area (TPSA) is 62.9 Å². The molecule has 1 saturated heterocycles. The predicted molar refractivity (Wildman–Crippen MR) is 74.8 cm³/mol. The molecular formula is C15H20F3NO4. The number of furan rings is 1. The maximum Gasteiger partial charge on any atom is 0.414 e. The number of rotatable bonds is 4. The molecule has 1 aromatic rings. The van der Waals surface area contributed by atoms with Crippen LogP contribution < -0.4 is 0 Å². The molecule has 2 atom stereocenters. The fraction of sp³-hybridized carbons (Fsp3) is 0.667. The minimum atomic E-state index is -4.57. The Hall–Kier alpha value is -1.54. The summed E-state index contributed by atoms with van der Waals surface area (Å²) in [6, 6.07) is 3.00. The number of alkyl halides is 3. The molecule has 5 nitrogen and oxygen atoms in total. The highest BCUT2D eigenvalue weighted by atomic mass is 19.4. The SMILES string of the molecule is COC(=O)c1ccc([C@H](C)N2CCC([C@H](O)C(F)(F)F)CC2)o1. The molecule has 23 heavy (non-hydrogen) atoms. The van der Waals surface area contributed by atoms with Gasteiger partial charge in [0.05, 0.1) is 13.2 Å². The summed E-state index contributed by atoms with van der Waals surface area (Å²) < 4.78 is 47.6. The standard InChI is InChI=1S/C15H20F3NO4/c1-9(11-3-4-12(23-11)14(21)22-2)19-7-5-10(6-8-19)13(20)15(16,17)18/h3-4,9-10,13,20H,5-8H2,1-2H3/t9-,13-/m0/s1.